The number of fused-ring (bicyclic) bond motifs is 3. The SMILES string of the molecule is CCOc1cccc2cc(C(=O)N=c3sc4cc5c(cc4n3C)OCO5)oc12. The summed E-state index contributed by atoms with van der Waals surface area (Å²) in [6.07, 6.45) is 0. The number of aromatic nitrogens is 1. The molecule has 8 heteroatoms. The van der Waals surface area contributed by atoms with Gasteiger partial charge in [0.25, 0.3) is 0 Å². The summed E-state index contributed by atoms with van der Waals surface area (Å²) in [7, 11) is 1.86. The van der Waals surface area contributed by atoms with Crippen LogP contribution < -0.4 is 19.0 Å². The Morgan fingerprint density at radius 1 is 1.25 bits per heavy atom. The lowest BCUT2D eigenvalue weighted by Crippen LogP contribution is -2.13. The lowest BCUT2D eigenvalue weighted by atomic mass is 10.2. The average Bonchev–Trinajstić information content (AvgIpc) is 3.39. The Labute approximate surface area is 163 Å². The Morgan fingerprint density at radius 2 is 2.07 bits per heavy atom. The first-order chi connectivity index (χ1) is 13.6. The lowest BCUT2D eigenvalue weighted by molar-refractivity contribution is 0.0973. The highest BCUT2D eigenvalue weighted by Gasteiger charge is 2.18. The van der Waals surface area contributed by atoms with Crippen molar-refractivity contribution in [1.82, 2.24) is 4.57 Å². The maximum Gasteiger partial charge on any atom is 0.315 e. The molecular formula is C20H16N2O5S. The number of furan rings is 1. The van der Waals surface area contributed by atoms with Crippen molar-refractivity contribution in [2.75, 3.05) is 13.4 Å². The summed E-state index contributed by atoms with van der Waals surface area (Å²) < 4.78 is 25.0. The van der Waals surface area contributed by atoms with Crippen LogP contribution in [0.1, 0.15) is 17.5 Å². The van der Waals surface area contributed by atoms with Gasteiger partial charge < -0.3 is 23.2 Å². The number of carbonyl (C=O) groups is 1. The lowest BCUT2D eigenvalue weighted by Gasteiger charge is -2.01. The molecule has 0 atom stereocenters. The molecule has 3 heterocycles. The van der Waals surface area contributed by atoms with Gasteiger partial charge in [0.2, 0.25) is 6.79 Å². The maximum absolute atomic E-state index is 12.7. The van der Waals surface area contributed by atoms with Crippen molar-refractivity contribution >= 4 is 38.4 Å². The van der Waals surface area contributed by atoms with Gasteiger partial charge in [-0.15, -0.1) is 0 Å². The molecule has 0 bridgehead atoms. The van der Waals surface area contributed by atoms with E-state index < -0.39 is 5.91 Å². The van der Waals surface area contributed by atoms with Gasteiger partial charge in [0.1, 0.15) is 0 Å². The topological polar surface area (TPSA) is 75.2 Å². The maximum atomic E-state index is 12.7. The van der Waals surface area contributed by atoms with Crippen molar-refractivity contribution in [2.45, 2.75) is 6.92 Å². The molecule has 1 aliphatic rings. The smallest absolute Gasteiger partial charge is 0.315 e. The number of para-hydroxylation sites is 1. The predicted molar refractivity (Wildman–Crippen MR) is 104 cm³/mol. The van der Waals surface area contributed by atoms with Crippen molar-refractivity contribution in [3.8, 4) is 17.2 Å². The van der Waals surface area contributed by atoms with Crippen molar-refractivity contribution < 1.29 is 23.4 Å². The van der Waals surface area contributed by atoms with Crippen LogP contribution in [-0.2, 0) is 7.05 Å². The Hall–Kier alpha value is -3.26. The molecule has 1 amide bonds. The van der Waals surface area contributed by atoms with E-state index in [2.05, 4.69) is 4.99 Å². The minimum Gasteiger partial charge on any atom is -0.490 e. The molecule has 0 fully saturated rings. The van der Waals surface area contributed by atoms with E-state index >= 15 is 0 Å². The minimum atomic E-state index is -0.444. The fraction of sp³-hybridized carbons (Fsp3) is 0.200. The zero-order valence-corrected chi connectivity index (χ0v) is 16.0. The van der Waals surface area contributed by atoms with Crippen LogP contribution >= 0.6 is 11.3 Å². The Balaban J connectivity index is 1.57. The molecule has 5 rings (SSSR count). The molecule has 0 unspecified atom stereocenters. The Bertz CT molecular complexity index is 1300. The third-order valence-electron chi connectivity index (χ3n) is 4.52. The van der Waals surface area contributed by atoms with E-state index in [9.17, 15) is 4.79 Å². The van der Waals surface area contributed by atoms with E-state index in [-0.39, 0.29) is 12.6 Å². The zero-order valence-electron chi connectivity index (χ0n) is 15.2. The second kappa shape index (κ2) is 6.42. The fourth-order valence-electron chi connectivity index (χ4n) is 3.18. The quantitative estimate of drug-likeness (QED) is 0.526. The van der Waals surface area contributed by atoms with Crippen molar-refractivity contribution in [1.29, 1.82) is 0 Å². The third-order valence-corrected chi connectivity index (χ3v) is 5.61. The molecule has 0 saturated heterocycles. The summed E-state index contributed by atoms with van der Waals surface area (Å²) in [6.45, 7) is 2.64. The standard InChI is InChI=1S/C20H16N2O5S/c1-3-24-13-6-4-5-11-7-16(27-18(11)13)19(23)21-20-22(2)12-8-14-15(26-10-25-14)9-17(12)28-20/h4-9H,3,10H2,1-2H3. The summed E-state index contributed by atoms with van der Waals surface area (Å²) in [5.41, 5.74) is 1.47. The summed E-state index contributed by atoms with van der Waals surface area (Å²) in [6, 6.07) is 11.0. The van der Waals surface area contributed by atoms with Crippen molar-refractivity contribution in [3.05, 3.63) is 47.0 Å². The van der Waals surface area contributed by atoms with E-state index in [0.717, 1.165) is 15.6 Å². The molecule has 0 radical (unpaired) electrons. The number of rotatable bonds is 3. The number of ether oxygens (including phenoxy) is 3. The number of benzene rings is 2. The van der Waals surface area contributed by atoms with E-state index in [0.29, 0.717) is 34.2 Å². The summed E-state index contributed by atoms with van der Waals surface area (Å²) >= 11 is 1.40. The van der Waals surface area contributed by atoms with Crippen LogP contribution in [0.25, 0.3) is 21.2 Å². The molecule has 0 aliphatic carbocycles. The fourth-order valence-corrected chi connectivity index (χ4v) is 4.20. The first-order valence-corrected chi connectivity index (χ1v) is 9.59. The number of thiazole rings is 1. The van der Waals surface area contributed by atoms with E-state index in [1.54, 1.807) is 6.07 Å². The van der Waals surface area contributed by atoms with Crippen LogP contribution in [0.5, 0.6) is 17.2 Å². The normalized spacial score (nSPS) is 13.6. The van der Waals surface area contributed by atoms with E-state index in [1.807, 2.05) is 48.9 Å². The predicted octanol–water partition coefficient (Wildman–Crippen LogP) is 3.85. The average molecular weight is 396 g/mol. The first-order valence-electron chi connectivity index (χ1n) is 8.77. The van der Waals surface area contributed by atoms with Crippen molar-refractivity contribution in [2.24, 2.45) is 12.0 Å². The van der Waals surface area contributed by atoms with Gasteiger partial charge in [-0.1, -0.05) is 23.5 Å². The van der Waals surface area contributed by atoms with Gasteiger partial charge >= 0.3 is 5.91 Å². The molecule has 7 nitrogen and oxygen atoms in total. The van der Waals surface area contributed by atoms with Gasteiger partial charge in [-0.3, -0.25) is 4.79 Å². The second-order valence-electron chi connectivity index (χ2n) is 6.25. The van der Waals surface area contributed by atoms with Crippen LogP contribution in [-0.4, -0.2) is 23.9 Å². The van der Waals surface area contributed by atoms with Crippen molar-refractivity contribution in [3.63, 3.8) is 0 Å². The first kappa shape index (κ1) is 16.9. The number of hydrogen-bond acceptors (Lipinski definition) is 6. The number of nitrogens with zero attached hydrogens (tertiary/aromatic N) is 2. The molecule has 0 saturated carbocycles. The van der Waals surface area contributed by atoms with Crippen LogP contribution in [0.15, 0.2) is 45.8 Å². The summed E-state index contributed by atoms with van der Waals surface area (Å²) in [5.74, 6) is 1.74. The number of aryl methyl sites for hydroxylation is 1. The number of carbonyl (C=O) groups excluding carboxylic acids is 1. The molecule has 0 N–H and O–H groups in total. The van der Waals surface area contributed by atoms with E-state index in [1.165, 1.54) is 11.3 Å². The summed E-state index contributed by atoms with van der Waals surface area (Å²) in [4.78, 5) is 17.6. The van der Waals surface area contributed by atoms with Gasteiger partial charge in [0.15, 0.2) is 33.4 Å². The highest BCUT2D eigenvalue weighted by atomic mass is 32.1. The zero-order chi connectivity index (χ0) is 19.3. The molecule has 4 aromatic rings. The monoisotopic (exact) mass is 396 g/mol. The molecule has 1 aliphatic heterocycles. The highest BCUT2D eigenvalue weighted by molar-refractivity contribution is 7.16. The van der Waals surface area contributed by atoms with Gasteiger partial charge in [-0.25, -0.2) is 0 Å². The van der Waals surface area contributed by atoms with Gasteiger partial charge in [0.05, 0.1) is 16.8 Å². The van der Waals surface area contributed by atoms with Crippen LogP contribution in [0.4, 0.5) is 0 Å². The largest absolute Gasteiger partial charge is 0.490 e. The van der Waals surface area contributed by atoms with Gasteiger partial charge in [0, 0.05) is 24.6 Å². The molecule has 2 aromatic carbocycles. The van der Waals surface area contributed by atoms with Crippen LogP contribution in [0, 0.1) is 0 Å². The van der Waals surface area contributed by atoms with Gasteiger partial charge in [-0.2, -0.15) is 4.99 Å². The molecule has 2 aromatic heterocycles. The Morgan fingerprint density at radius 3 is 2.89 bits per heavy atom. The molecule has 0 spiro atoms. The number of hydrogen-bond donors (Lipinski definition) is 0. The Kier molecular flexibility index (Phi) is 3.87. The van der Waals surface area contributed by atoms with E-state index in [4.69, 9.17) is 18.6 Å². The minimum absolute atomic E-state index is 0.175. The molecule has 28 heavy (non-hydrogen) atoms. The van der Waals surface area contributed by atoms with Crippen LogP contribution in [0.2, 0.25) is 0 Å². The molecular weight excluding hydrogens is 380 g/mol. The third kappa shape index (κ3) is 2.65. The number of amides is 1. The van der Waals surface area contributed by atoms with Gasteiger partial charge in [-0.05, 0) is 19.1 Å². The molecule has 142 valence electrons. The highest BCUT2D eigenvalue weighted by Crippen LogP contribution is 2.36. The van der Waals surface area contributed by atoms with Crippen LogP contribution in [0.3, 0.4) is 0 Å². The summed E-state index contributed by atoms with van der Waals surface area (Å²) in [5, 5.41) is 0.802. The second-order valence-corrected chi connectivity index (χ2v) is 7.26.